The van der Waals surface area contributed by atoms with Crippen LogP contribution in [-0.2, 0) is 4.79 Å². The van der Waals surface area contributed by atoms with Crippen molar-refractivity contribution in [1.82, 2.24) is 10.2 Å². The van der Waals surface area contributed by atoms with Gasteiger partial charge in [0.2, 0.25) is 5.91 Å². The quantitative estimate of drug-likeness (QED) is 0.828. The van der Waals surface area contributed by atoms with E-state index in [-0.39, 0.29) is 5.91 Å². The van der Waals surface area contributed by atoms with Crippen LogP contribution in [0.1, 0.15) is 57.8 Å². The Labute approximate surface area is 127 Å². The van der Waals surface area contributed by atoms with Gasteiger partial charge >= 0.3 is 0 Å². The van der Waals surface area contributed by atoms with E-state index >= 15 is 0 Å². The summed E-state index contributed by atoms with van der Waals surface area (Å²) in [6.07, 6.45) is 11.0. The van der Waals surface area contributed by atoms with E-state index in [2.05, 4.69) is 10.2 Å². The summed E-state index contributed by atoms with van der Waals surface area (Å²) in [6.45, 7) is 2.54. The number of likely N-dealkylation sites (tertiary alicyclic amines) is 1. The first-order valence-corrected chi connectivity index (χ1v) is 8.98. The molecule has 0 aromatic carbocycles. The van der Waals surface area contributed by atoms with Crippen molar-refractivity contribution in [2.45, 2.75) is 75.4 Å². The number of carbonyl (C=O) groups excluding carboxylic acids is 1. The lowest BCUT2D eigenvalue weighted by Crippen LogP contribution is -2.61. The Kier molecular flexibility index (Phi) is 3.49. The van der Waals surface area contributed by atoms with Crippen LogP contribution in [0.2, 0.25) is 0 Å². The highest BCUT2D eigenvalue weighted by Gasteiger charge is 2.47. The number of nitrogens with two attached hydrogens (primary N) is 1. The molecule has 3 aliphatic carbocycles. The Balaban J connectivity index is 1.45. The van der Waals surface area contributed by atoms with Gasteiger partial charge in [-0.1, -0.05) is 6.42 Å². The second kappa shape index (κ2) is 5.24. The van der Waals surface area contributed by atoms with Crippen LogP contribution in [-0.4, -0.2) is 41.5 Å². The summed E-state index contributed by atoms with van der Waals surface area (Å²) in [4.78, 5) is 14.8. The molecule has 1 amide bonds. The summed E-state index contributed by atoms with van der Waals surface area (Å²) in [5.41, 5.74) is 5.40. The van der Waals surface area contributed by atoms with Crippen molar-refractivity contribution < 1.29 is 4.79 Å². The standard InChI is InChI=1S/C17H29N3O/c18-16(21)17(19-14-6-7-14)8-2-5-15(9-17)20-10-12-3-1-4-13(12)11-20/h12-15,19H,1-11H2,(H2,18,21). The molecule has 1 heterocycles. The topological polar surface area (TPSA) is 58.4 Å². The van der Waals surface area contributed by atoms with Crippen molar-refractivity contribution in [3.05, 3.63) is 0 Å². The van der Waals surface area contributed by atoms with Crippen molar-refractivity contribution in [2.24, 2.45) is 17.6 Å². The number of hydrogen-bond donors (Lipinski definition) is 2. The Hall–Kier alpha value is -0.610. The minimum absolute atomic E-state index is 0.113. The molecule has 4 nitrogen and oxygen atoms in total. The third kappa shape index (κ3) is 2.61. The minimum Gasteiger partial charge on any atom is -0.368 e. The van der Waals surface area contributed by atoms with Gasteiger partial charge in [-0.3, -0.25) is 9.69 Å². The third-order valence-corrected chi connectivity index (χ3v) is 6.53. The molecule has 1 saturated heterocycles. The predicted molar refractivity (Wildman–Crippen MR) is 82.7 cm³/mol. The largest absolute Gasteiger partial charge is 0.368 e. The zero-order valence-corrected chi connectivity index (χ0v) is 13.0. The maximum absolute atomic E-state index is 12.1. The van der Waals surface area contributed by atoms with Gasteiger partial charge in [0, 0.05) is 25.2 Å². The number of nitrogens with one attached hydrogen (secondary N) is 1. The highest BCUT2D eigenvalue weighted by molar-refractivity contribution is 5.85. The van der Waals surface area contributed by atoms with E-state index in [1.54, 1.807) is 0 Å². The van der Waals surface area contributed by atoms with Gasteiger partial charge < -0.3 is 11.1 Å². The third-order valence-electron chi connectivity index (χ3n) is 6.53. The Morgan fingerprint density at radius 2 is 1.76 bits per heavy atom. The van der Waals surface area contributed by atoms with Gasteiger partial charge in [-0.25, -0.2) is 0 Å². The average Bonchev–Trinajstić information content (AvgIpc) is 2.99. The van der Waals surface area contributed by atoms with E-state index in [0.29, 0.717) is 12.1 Å². The van der Waals surface area contributed by atoms with Gasteiger partial charge in [0.15, 0.2) is 0 Å². The number of amides is 1. The molecule has 21 heavy (non-hydrogen) atoms. The zero-order valence-electron chi connectivity index (χ0n) is 13.0. The van der Waals surface area contributed by atoms with Gasteiger partial charge in [0.05, 0.1) is 5.54 Å². The number of fused-ring (bicyclic) bond motifs is 1. The summed E-state index contributed by atoms with van der Waals surface area (Å²) >= 11 is 0. The molecule has 3 saturated carbocycles. The zero-order chi connectivity index (χ0) is 14.4. The minimum atomic E-state index is -0.415. The van der Waals surface area contributed by atoms with Gasteiger partial charge in [-0.2, -0.15) is 0 Å². The van der Waals surface area contributed by atoms with Crippen LogP contribution in [0, 0.1) is 11.8 Å². The molecule has 0 radical (unpaired) electrons. The van der Waals surface area contributed by atoms with Crippen LogP contribution in [0.5, 0.6) is 0 Å². The summed E-state index contributed by atoms with van der Waals surface area (Å²) in [5, 5.41) is 3.61. The number of hydrogen-bond acceptors (Lipinski definition) is 3. The molecule has 4 atom stereocenters. The highest BCUT2D eigenvalue weighted by atomic mass is 16.1. The fraction of sp³-hybridized carbons (Fsp3) is 0.941. The molecular formula is C17H29N3O. The summed E-state index contributed by atoms with van der Waals surface area (Å²) in [6, 6.07) is 1.12. The van der Waals surface area contributed by atoms with E-state index in [9.17, 15) is 4.79 Å². The van der Waals surface area contributed by atoms with Crippen molar-refractivity contribution in [1.29, 1.82) is 0 Å². The fourth-order valence-corrected chi connectivity index (χ4v) is 5.17. The summed E-state index contributed by atoms with van der Waals surface area (Å²) in [5.74, 6) is 1.76. The van der Waals surface area contributed by atoms with Crippen molar-refractivity contribution in [2.75, 3.05) is 13.1 Å². The molecule has 3 N–H and O–H groups in total. The highest BCUT2D eigenvalue weighted by Crippen LogP contribution is 2.42. The maximum atomic E-state index is 12.1. The molecule has 4 fully saturated rings. The van der Waals surface area contributed by atoms with Gasteiger partial charge in [0.25, 0.3) is 0 Å². The van der Waals surface area contributed by atoms with Crippen LogP contribution >= 0.6 is 0 Å². The monoisotopic (exact) mass is 291 g/mol. The number of nitrogens with zero attached hydrogens (tertiary/aromatic N) is 1. The number of carbonyl (C=O) groups is 1. The summed E-state index contributed by atoms with van der Waals surface area (Å²) in [7, 11) is 0. The molecule has 4 aliphatic rings. The fourth-order valence-electron chi connectivity index (χ4n) is 5.17. The SMILES string of the molecule is NC(=O)C1(NC2CC2)CCCC(N2CC3CCCC3C2)C1. The van der Waals surface area contributed by atoms with Crippen molar-refractivity contribution >= 4 is 5.91 Å². The Morgan fingerprint density at radius 3 is 2.38 bits per heavy atom. The van der Waals surface area contributed by atoms with Gasteiger partial charge in [-0.05, 0) is 63.2 Å². The Bertz CT molecular complexity index is 410. The number of primary amides is 1. The van der Waals surface area contributed by atoms with Crippen LogP contribution in [0.25, 0.3) is 0 Å². The molecule has 0 bridgehead atoms. The molecule has 4 unspecified atom stereocenters. The van der Waals surface area contributed by atoms with E-state index in [0.717, 1.165) is 31.1 Å². The molecular weight excluding hydrogens is 262 g/mol. The normalized spacial score (nSPS) is 43.9. The smallest absolute Gasteiger partial charge is 0.237 e. The first-order valence-electron chi connectivity index (χ1n) is 8.98. The van der Waals surface area contributed by atoms with E-state index in [4.69, 9.17) is 5.73 Å². The Morgan fingerprint density at radius 1 is 1.05 bits per heavy atom. The molecule has 4 heteroatoms. The van der Waals surface area contributed by atoms with Crippen LogP contribution in [0.15, 0.2) is 0 Å². The van der Waals surface area contributed by atoms with E-state index in [1.165, 1.54) is 51.6 Å². The average molecular weight is 291 g/mol. The van der Waals surface area contributed by atoms with Gasteiger partial charge in [0.1, 0.15) is 0 Å². The molecule has 0 aromatic rings. The second-order valence-electron chi connectivity index (χ2n) is 8.02. The van der Waals surface area contributed by atoms with E-state index < -0.39 is 5.54 Å². The first-order chi connectivity index (χ1) is 10.2. The van der Waals surface area contributed by atoms with E-state index in [1.807, 2.05) is 0 Å². The van der Waals surface area contributed by atoms with Crippen LogP contribution in [0.3, 0.4) is 0 Å². The molecule has 1 aliphatic heterocycles. The number of rotatable bonds is 4. The van der Waals surface area contributed by atoms with Crippen LogP contribution in [0.4, 0.5) is 0 Å². The van der Waals surface area contributed by atoms with Crippen LogP contribution < -0.4 is 11.1 Å². The molecule has 4 rings (SSSR count). The molecule has 118 valence electrons. The van der Waals surface area contributed by atoms with Crippen molar-refractivity contribution in [3.63, 3.8) is 0 Å². The maximum Gasteiger partial charge on any atom is 0.237 e. The predicted octanol–water partition coefficient (Wildman–Crippen LogP) is 1.64. The lowest BCUT2D eigenvalue weighted by molar-refractivity contribution is -0.126. The lowest BCUT2D eigenvalue weighted by Gasteiger charge is -2.43. The molecule has 0 aromatic heterocycles. The molecule has 0 spiro atoms. The van der Waals surface area contributed by atoms with Crippen molar-refractivity contribution in [3.8, 4) is 0 Å². The first kappa shape index (κ1) is 14.0. The summed E-state index contributed by atoms with van der Waals surface area (Å²) < 4.78 is 0. The van der Waals surface area contributed by atoms with Gasteiger partial charge in [-0.15, -0.1) is 0 Å². The lowest BCUT2D eigenvalue weighted by atomic mass is 9.77. The second-order valence-corrected chi connectivity index (χ2v) is 8.02.